The summed E-state index contributed by atoms with van der Waals surface area (Å²) < 4.78 is 11.5. The van der Waals surface area contributed by atoms with Crippen LogP contribution in [-0.4, -0.2) is 23.6 Å². The van der Waals surface area contributed by atoms with E-state index in [2.05, 4.69) is 0 Å². The highest BCUT2D eigenvalue weighted by Gasteiger charge is 2.21. The number of fused-ring (bicyclic) bond motifs is 1. The molecular formula is C20H20O4. The maximum atomic E-state index is 12.2. The molecule has 0 bridgehead atoms. The average Bonchev–Trinajstić information content (AvgIpc) is 2.92. The number of carbonyl (C=O) groups excluding carboxylic acids is 1. The lowest BCUT2D eigenvalue weighted by Gasteiger charge is -2.10. The topological polar surface area (TPSA) is 55.8 Å². The number of ether oxygens (including phenoxy) is 2. The second-order valence-electron chi connectivity index (χ2n) is 5.81. The lowest BCUT2D eigenvalue weighted by atomic mass is 10.0. The Hall–Kier alpha value is -2.75. The van der Waals surface area contributed by atoms with Gasteiger partial charge in [-0.15, -0.1) is 0 Å². The van der Waals surface area contributed by atoms with Gasteiger partial charge in [0.15, 0.2) is 5.78 Å². The molecule has 0 fully saturated rings. The Labute approximate surface area is 141 Å². The zero-order valence-corrected chi connectivity index (χ0v) is 13.8. The molecule has 2 aromatic rings. The van der Waals surface area contributed by atoms with Crippen LogP contribution < -0.4 is 9.47 Å². The third kappa shape index (κ3) is 3.43. The molecule has 1 aliphatic heterocycles. The van der Waals surface area contributed by atoms with E-state index in [0.717, 1.165) is 29.0 Å². The van der Waals surface area contributed by atoms with Crippen LogP contribution in [-0.2, 0) is 6.42 Å². The molecule has 4 nitrogen and oxygen atoms in total. The zero-order valence-electron chi connectivity index (χ0n) is 13.8. The van der Waals surface area contributed by atoms with Crippen LogP contribution in [0.25, 0.3) is 6.08 Å². The first kappa shape index (κ1) is 16.1. The molecule has 24 heavy (non-hydrogen) atoms. The van der Waals surface area contributed by atoms with Crippen molar-refractivity contribution in [3.63, 3.8) is 0 Å². The Morgan fingerprint density at radius 2 is 2.08 bits per heavy atom. The van der Waals surface area contributed by atoms with Crippen molar-refractivity contribution in [1.29, 1.82) is 0 Å². The number of rotatable bonds is 5. The van der Waals surface area contributed by atoms with Gasteiger partial charge in [-0.2, -0.15) is 0 Å². The molecule has 4 heteroatoms. The summed E-state index contributed by atoms with van der Waals surface area (Å²) in [7, 11) is 0. The molecule has 0 radical (unpaired) electrons. The molecule has 0 saturated carbocycles. The van der Waals surface area contributed by atoms with Gasteiger partial charge in [0.25, 0.3) is 0 Å². The van der Waals surface area contributed by atoms with E-state index in [1.165, 1.54) is 18.2 Å². The maximum Gasteiger partial charge on any atom is 0.185 e. The van der Waals surface area contributed by atoms with Crippen molar-refractivity contribution in [3.8, 4) is 17.2 Å². The van der Waals surface area contributed by atoms with Crippen LogP contribution in [0.3, 0.4) is 0 Å². The number of hydrogen-bond donors (Lipinski definition) is 1. The van der Waals surface area contributed by atoms with Gasteiger partial charge >= 0.3 is 0 Å². The Kier molecular flexibility index (Phi) is 4.56. The van der Waals surface area contributed by atoms with Crippen molar-refractivity contribution in [2.45, 2.75) is 26.4 Å². The maximum absolute atomic E-state index is 12.2. The van der Waals surface area contributed by atoms with Gasteiger partial charge in [0.1, 0.15) is 23.4 Å². The predicted octanol–water partition coefficient (Wildman–Crippen LogP) is 4.01. The van der Waals surface area contributed by atoms with Crippen LogP contribution >= 0.6 is 0 Å². The summed E-state index contributed by atoms with van der Waals surface area (Å²) in [6.07, 6.45) is 4.28. The first-order valence-electron chi connectivity index (χ1n) is 8.04. The zero-order chi connectivity index (χ0) is 17.1. The number of carbonyl (C=O) groups is 1. The minimum atomic E-state index is -0.132. The predicted molar refractivity (Wildman–Crippen MR) is 92.9 cm³/mol. The van der Waals surface area contributed by atoms with Gasteiger partial charge in [-0.05, 0) is 62.4 Å². The Balaban J connectivity index is 1.87. The second kappa shape index (κ2) is 6.79. The molecule has 1 unspecified atom stereocenters. The van der Waals surface area contributed by atoms with E-state index in [9.17, 15) is 9.90 Å². The molecule has 0 spiro atoms. The van der Waals surface area contributed by atoms with Gasteiger partial charge in [0, 0.05) is 23.1 Å². The molecule has 1 N–H and O–H groups in total. The van der Waals surface area contributed by atoms with E-state index in [1.807, 2.05) is 26.0 Å². The molecule has 124 valence electrons. The second-order valence-corrected chi connectivity index (χ2v) is 5.81. The summed E-state index contributed by atoms with van der Waals surface area (Å²) in [5.74, 6) is 1.61. The van der Waals surface area contributed by atoms with Crippen molar-refractivity contribution in [2.24, 2.45) is 0 Å². The van der Waals surface area contributed by atoms with Crippen molar-refractivity contribution in [3.05, 3.63) is 59.2 Å². The quantitative estimate of drug-likeness (QED) is 0.667. The first-order valence-corrected chi connectivity index (χ1v) is 8.04. The minimum absolute atomic E-state index is 0.132. The number of hydrogen-bond acceptors (Lipinski definition) is 4. The van der Waals surface area contributed by atoms with Crippen molar-refractivity contribution >= 4 is 11.9 Å². The minimum Gasteiger partial charge on any atom is -0.508 e. The van der Waals surface area contributed by atoms with E-state index in [1.54, 1.807) is 18.2 Å². The summed E-state index contributed by atoms with van der Waals surface area (Å²) in [4.78, 5) is 12.2. The van der Waals surface area contributed by atoms with Gasteiger partial charge < -0.3 is 14.6 Å². The van der Waals surface area contributed by atoms with Crippen LogP contribution in [0, 0.1) is 0 Å². The SMILES string of the molecule is CCOc1cc2c(cc1C=CC(=O)c1ccc(O)cc1)OC(C)C2. The van der Waals surface area contributed by atoms with Crippen molar-refractivity contribution in [2.75, 3.05) is 6.61 Å². The van der Waals surface area contributed by atoms with E-state index < -0.39 is 0 Å². The fourth-order valence-corrected chi connectivity index (χ4v) is 2.75. The molecule has 0 amide bonds. The molecular weight excluding hydrogens is 304 g/mol. The van der Waals surface area contributed by atoms with Crippen molar-refractivity contribution in [1.82, 2.24) is 0 Å². The number of aromatic hydroxyl groups is 1. The van der Waals surface area contributed by atoms with Gasteiger partial charge in [0.05, 0.1) is 6.61 Å². The van der Waals surface area contributed by atoms with Crippen LogP contribution in [0.15, 0.2) is 42.5 Å². The molecule has 0 aliphatic carbocycles. The van der Waals surface area contributed by atoms with Gasteiger partial charge in [-0.25, -0.2) is 0 Å². The molecule has 1 heterocycles. The molecule has 2 aromatic carbocycles. The monoisotopic (exact) mass is 324 g/mol. The summed E-state index contributed by atoms with van der Waals surface area (Å²) in [5.41, 5.74) is 2.47. The van der Waals surface area contributed by atoms with Gasteiger partial charge in [0.2, 0.25) is 0 Å². The summed E-state index contributed by atoms with van der Waals surface area (Å²) in [6.45, 7) is 4.52. The number of benzene rings is 2. The van der Waals surface area contributed by atoms with Crippen LogP contribution in [0.5, 0.6) is 17.2 Å². The number of phenols is 1. The normalized spacial score (nSPS) is 16.0. The third-order valence-corrected chi connectivity index (χ3v) is 3.89. The van der Waals surface area contributed by atoms with Gasteiger partial charge in [-0.1, -0.05) is 0 Å². The molecule has 1 aliphatic rings. The fourth-order valence-electron chi connectivity index (χ4n) is 2.75. The summed E-state index contributed by atoms with van der Waals surface area (Å²) in [6, 6.07) is 10.1. The molecule has 0 aromatic heterocycles. The average molecular weight is 324 g/mol. The number of allylic oxidation sites excluding steroid dienone is 1. The molecule has 0 saturated heterocycles. The summed E-state index contributed by atoms with van der Waals surface area (Å²) >= 11 is 0. The summed E-state index contributed by atoms with van der Waals surface area (Å²) in [5, 5.41) is 9.29. The fraction of sp³-hybridized carbons (Fsp3) is 0.250. The van der Waals surface area contributed by atoms with Crippen LogP contribution in [0.2, 0.25) is 0 Å². The smallest absolute Gasteiger partial charge is 0.185 e. The Morgan fingerprint density at radius 1 is 1.33 bits per heavy atom. The van der Waals surface area contributed by atoms with E-state index >= 15 is 0 Å². The largest absolute Gasteiger partial charge is 0.508 e. The lowest BCUT2D eigenvalue weighted by molar-refractivity contribution is 0.104. The lowest BCUT2D eigenvalue weighted by Crippen LogP contribution is -2.05. The van der Waals surface area contributed by atoms with E-state index in [-0.39, 0.29) is 17.6 Å². The highest BCUT2D eigenvalue weighted by molar-refractivity contribution is 6.07. The van der Waals surface area contributed by atoms with Crippen molar-refractivity contribution < 1.29 is 19.4 Å². The Bertz CT molecular complexity index is 775. The first-order chi connectivity index (χ1) is 11.6. The van der Waals surface area contributed by atoms with Crippen LogP contribution in [0.1, 0.15) is 35.3 Å². The number of ketones is 1. The van der Waals surface area contributed by atoms with Gasteiger partial charge in [-0.3, -0.25) is 4.79 Å². The van der Waals surface area contributed by atoms with Crippen LogP contribution in [0.4, 0.5) is 0 Å². The van der Waals surface area contributed by atoms with E-state index in [4.69, 9.17) is 9.47 Å². The Morgan fingerprint density at radius 3 is 2.79 bits per heavy atom. The third-order valence-electron chi connectivity index (χ3n) is 3.89. The number of phenolic OH excluding ortho intramolecular Hbond substituents is 1. The molecule has 3 rings (SSSR count). The van der Waals surface area contributed by atoms with E-state index in [0.29, 0.717) is 12.2 Å². The molecule has 1 atom stereocenters. The standard InChI is InChI=1S/C20H20O4/c1-3-23-19-12-16-10-13(2)24-20(16)11-15(19)6-9-18(22)14-4-7-17(21)8-5-14/h4-9,11-13,21H,3,10H2,1-2H3. The highest BCUT2D eigenvalue weighted by atomic mass is 16.5. The highest BCUT2D eigenvalue weighted by Crippen LogP contribution is 2.35.